The second-order valence-electron chi connectivity index (χ2n) is 8.98. The monoisotopic (exact) mass is 538 g/mol. The van der Waals surface area contributed by atoms with Gasteiger partial charge in [0.1, 0.15) is 5.52 Å². The quantitative estimate of drug-likeness (QED) is 0.210. The van der Waals surface area contributed by atoms with Crippen molar-refractivity contribution in [2.24, 2.45) is 0 Å². The zero-order valence-corrected chi connectivity index (χ0v) is 21.9. The van der Waals surface area contributed by atoms with E-state index in [0.717, 1.165) is 16.1 Å². The fraction of sp³-hybridized carbons (Fsp3) is 0.360. The molecule has 2 atom stereocenters. The number of ether oxygens (including phenoxy) is 2. The highest BCUT2D eigenvalue weighted by Crippen LogP contribution is 2.29. The van der Waals surface area contributed by atoms with Crippen LogP contribution in [0.1, 0.15) is 5.69 Å². The smallest absolute Gasteiger partial charge is 0.238 e. The average Bonchev–Trinajstić information content (AvgIpc) is 3.61. The highest BCUT2D eigenvalue weighted by molar-refractivity contribution is 7.99. The predicted octanol–water partition coefficient (Wildman–Crippen LogP) is 2.30. The van der Waals surface area contributed by atoms with Gasteiger partial charge in [-0.1, -0.05) is 0 Å². The normalized spacial score (nSPS) is 17.8. The zero-order chi connectivity index (χ0) is 26.5. The Morgan fingerprint density at radius 1 is 1.24 bits per heavy atom. The van der Waals surface area contributed by atoms with Crippen LogP contribution in [-0.2, 0) is 14.3 Å². The van der Waals surface area contributed by atoms with Crippen molar-refractivity contribution in [2.45, 2.75) is 29.2 Å². The van der Waals surface area contributed by atoms with Gasteiger partial charge in [0.2, 0.25) is 11.1 Å². The first kappa shape index (κ1) is 26.1. The number of hydrogen-bond donors (Lipinski definition) is 4. The van der Waals surface area contributed by atoms with Crippen molar-refractivity contribution in [2.75, 3.05) is 50.6 Å². The predicted molar refractivity (Wildman–Crippen MR) is 143 cm³/mol. The third-order valence-electron chi connectivity index (χ3n) is 5.97. The van der Waals surface area contributed by atoms with E-state index in [9.17, 15) is 9.90 Å². The van der Waals surface area contributed by atoms with Crippen molar-refractivity contribution in [3.63, 3.8) is 0 Å². The summed E-state index contributed by atoms with van der Waals surface area (Å²) in [4.78, 5) is 20.1. The fourth-order valence-electron chi connectivity index (χ4n) is 4.18. The van der Waals surface area contributed by atoms with Crippen molar-refractivity contribution >= 4 is 40.5 Å². The van der Waals surface area contributed by atoms with Gasteiger partial charge in [-0.25, -0.2) is 9.50 Å². The summed E-state index contributed by atoms with van der Waals surface area (Å²) in [5.41, 5.74) is 2.47. The first-order chi connectivity index (χ1) is 18.5. The van der Waals surface area contributed by atoms with Crippen LogP contribution in [0.3, 0.4) is 0 Å². The Bertz CT molecular complexity index is 1380. The molecule has 0 unspecified atom stereocenters. The Labute approximate surface area is 223 Å². The Morgan fingerprint density at radius 3 is 2.84 bits per heavy atom. The summed E-state index contributed by atoms with van der Waals surface area (Å²) in [6.07, 6.45) is 0.929. The second kappa shape index (κ2) is 11.9. The Morgan fingerprint density at radius 2 is 2.08 bits per heavy atom. The van der Waals surface area contributed by atoms with Gasteiger partial charge >= 0.3 is 0 Å². The SMILES string of the molecule is COCCO[C@@H]1CN(CC(=O)Nc2ccc(Sc3nc(Nc4cc(C)[nH]n4)c4cccn4n3)cc2)C[C@H]1O. The molecule has 0 radical (unpaired) electrons. The number of H-pyrrole nitrogens is 1. The number of rotatable bonds is 11. The summed E-state index contributed by atoms with van der Waals surface area (Å²) in [7, 11) is 1.60. The van der Waals surface area contributed by atoms with Crippen molar-refractivity contribution in [3.8, 4) is 0 Å². The molecule has 0 spiro atoms. The largest absolute Gasteiger partial charge is 0.389 e. The first-order valence-corrected chi connectivity index (χ1v) is 13.0. The van der Waals surface area contributed by atoms with Crippen molar-refractivity contribution in [1.82, 2.24) is 29.7 Å². The van der Waals surface area contributed by atoms with Crippen molar-refractivity contribution in [3.05, 3.63) is 54.4 Å². The maximum Gasteiger partial charge on any atom is 0.238 e. The standard InChI is InChI=1S/C25H30N8O4S/c1-16-12-22(30-29-16)27-24-19-4-3-9-33(19)31-25(28-24)38-18-7-5-17(6-8-18)26-23(35)15-32-13-20(34)21(14-32)37-11-10-36-2/h3-9,12,20-21,34H,10-11,13-15H2,1-2H3,(H,26,35)(H2,27,28,29,30,31)/t20-,21-/m1/s1. The number of aryl methyl sites for hydroxylation is 1. The molecule has 12 nitrogen and oxygen atoms in total. The molecule has 1 aliphatic heterocycles. The lowest BCUT2D eigenvalue weighted by atomic mass is 10.3. The molecule has 200 valence electrons. The number of aliphatic hydroxyl groups is 1. The Kier molecular flexibility index (Phi) is 8.20. The van der Waals surface area contributed by atoms with Gasteiger partial charge in [-0.3, -0.25) is 14.8 Å². The number of fused-ring (bicyclic) bond motifs is 1. The van der Waals surface area contributed by atoms with E-state index in [2.05, 4.69) is 30.9 Å². The molecule has 38 heavy (non-hydrogen) atoms. The summed E-state index contributed by atoms with van der Waals surface area (Å²) >= 11 is 1.42. The van der Waals surface area contributed by atoms with Gasteiger partial charge in [0.05, 0.1) is 32.0 Å². The van der Waals surface area contributed by atoms with Crippen LogP contribution in [0.25, 0.3) is 5.52 Å². The molecule has 5 rings (SSSR count). The van der Waals surface area contributed by atoms with E-state index in [1.807, 2.05) is 60.5 Å². The minimum Gasteiger partial charge on any atom is -0.389 e. The molecule has 4 heterocycles. The number of benzene rings is 1. The number of carbonyl (C=O) groups is 1. The Hall–Kier alpha value is -3.49. The fourth-order valence-corrected chi connectivity index (χ4v) is 4.93. The number of hydrogen-bond acceptors (Lipinski definition) is 10. The maximum absolute atomic E-state index is 12.6. The molecule has 4 aromatic rings. The molecule has 3 aromatic heterocycles. The van der Waals surface area contributed by atoms with Crippen LogP contribution in [-0.4, -0.2) is 92.9 Å². The molecule has 1 amide bonds. The number of nitrogens with zero attached hydrogens (tertiary/aromatic N) is 5. The van der Waals surface area contributed by atoms with Gasteiger partial charge in [-0.05, 0) is 55.1 Å². The average molecular weight is 539 g/mol. The molecule has 0 aliphatic carbocycles. The molecule has 1 fully saturated rings. The van der Waals surface area contributed by atoms with Crippen LogP contribution in [0, 0.1) is 6.92 Å². The third-order valence-corrected chi connectivity index (χ3v) is 6.83. The molecular weight excluding hydrogens is 508 g/mol. The maximum atomic E-state index is 12.6. The summed E-state index contributed by atoms with van der Waals surface area (Å²) in [5.74, 6) is 1.18. The van der Waals surface area contributed by atoms with E-state index < -0.39 is 6.10 Å². The van der Waals surface area contributed by atoms with Crippen LogP contribution in [0.4, 0.5) is 17.3 Å². The van der Waals surface area contributed by atoms with Crippen molar-refractivity contribution in [1.29, 1.82) is 0 Å². The molecule has 1 aliphatic rings. The van der Waals surface area contributed by atoms with Crippen LogP contribution in [0.15, 0.2) is 58.7 Å². The molecule has 4 N–H and O–H groups in total. The number of methoxy groups -OCH3 is 1. The van der Waals surface area contributed by atoms with Crippen molar-refractivity contribution < 1.29 is 19.4 Å². The number of carbonyl (C=O) groups excluding carboxylic acids is 1. The van der Waals surface area contributed by atoms with Crippen LogP contribution in [0.5, 0.6) is 0 Å². The van der Waals surface area contributed by atoms with E-state index in [1.54, 1.807) is 11.6 Å². The summed E-state index contributed by atoms with van der Waals surface area (Å²) in [6.45, 7) is 3.88. The van der Waals surface area contributed by atoms with Gasteiger partial charge in [-0.15, -0.1) is 5.10 Å². The van der Waals surface area contributed by atoms with Crippen LogP contribution < -0.4 is 10.6 Å². The first-order valence-electron chi connectivity index (χ1n) is 12.2. The van der Waals surface area contributed by atoms with Crippen LogP contribution >= 0.6 is 11.8 Å². The van der Waals surface area contributed by atoms with Gasteiger partial charge in [0.25, 0.3) is 0 Å². The van der Waals surface area contributed by atoms with Gasteiger partial charge in [-0.2, -0.15) is 5.10 Å². The van der Waals surface area contributed by atoms with E-state index in [1.165, 1.54) is 11.8 Å². The van der Waals surface area contributed by atoms with E-state index >= 15 is 0 Å². The van der Waals surface area contributed by atoms with Crippen LogP contribution in [0.2, 0.25) is 0 Å². The van der Waals surface area contributed by atoms with Gasteiger partial charge in [0, 0.05) is 48.7 Å². The molecule has 1 saturated heterocycles. The van der Waals surface area contributed by atoms with E-state index in [4.69, 9.17) is 9.47 Å². The number of β-amino-alcohol motifs (C(OH)–C–C–N with tert-alkyl or cyclic N) is 1. The molecule has 13 heteroatoms. The minimum atomic E-state index is -0.622. The summed E-state index contributed by atoms with van der Waals surface area (Å²) in [6, 6.07) is 13.3. The number of anilines is 3. The number of likely N-dealkylation sites (tertiary alicyclic amines) is 1. The lowest BCUT2D eigenvalue weighted by Gasteiger charge is -2.16. The molecule has 0 bridgehead atoms. The Balaban J connectivity index is 1.17. The number of amides is 1. The number of nitrogens with one attached hydrogen (secondary N) is 3. The molecule has 0 saturated carbocycles. The van der Waals surface area contributed by atoms with Gasteiger partial charge < -0.3 is 25.2 Å². The summed E-state index contributed by atoms with van der Waals surface area (Å²) in [5, 5.41) is 28.7. The third kappa shape index (κ3) is 6.49. The highest BCUT2D eigenvalue weighted by Gasteiger charge is 2.32. The number of aromatic nitrogens is 5. The molecule has 1 aromatic carbocycles. The highest BCUT2D eigenvalue weighted by atomic mass is 32.2. The topological polar surface area (TPSA) is 142 Å². The number of aromatic amines is 1. The summed E-state index contributed by atoms with van der Waals surface area (Å²) < 4.78 is 12.4. The second-order valence-corrected chi connectivity index (χ2v) is 10.0. The minimum absolute atomic E-state index is 0.152. The van der Waals surface area contributed by atoms with E-state index in [0.29, 0.717) is 48.8 Å². The lowest BCUT2D eigenvalue weighted by molar-refractivity contribution is -0.117. The molecular formula is C25H30N8O4S. The van der Waals surface area contributed by atoms with E-state index in [-0.39, 0.29) is 18.6 Å². The van der Waals surface area contributed by atoms with Gasteiger partial charge in [0.15, 0.2) is 11.6 Å². The number of aliphatic hydroxyl groups excluding tert-OH is 1. The zero-order valence-electron chi connectivity index (χ0n) is 21.1. The lowest BCUT2D eigenvalue weighted by Crippen LogP contribution is -2.32.